The van der Waals surface area contributed by atoms with E-state index in [1.54, 1.807) is 6.33 Å². The van der Waals surface area contributed by atoms with Gasteiger partial charge < -0.3 is 4.90 Å². The number of aromatic nitrogens is 2. The van der Waals surface area contributed by atoms with Gasteiger partial charge in [-0.2, -0.15) is 0 Å². The largest absolute Gasteiger partial charge is 0.332 e. The fourth-order valence-electron chi connectivity index (χ4n) is 3.83. The maximum atomic E-state index is 12.7. The SMILES string of the molecule is O=C(CCc1ccccc1)N1C2CCC1c1cncnc1C2. The van der Waals surface area contributed by atoms with Gasteiger partial charge >= 0.3 is 0 Å². The van der Waals surface area contributed by atoms with Crippen molar-refractivity contribution >= 4 is 5.91 Å². The van der Waals surface area contributed by atoms with Crippen molar-refractivity contribution in [3.63, 3.8) is 0 Å². The molecule has 1 aromatic carbocycles. The second-order valence-electron chi connectivity index (χ2n) is 6.16. The van der Waals surface area contributed by atoms with Gasteiger partial charge in [-0.05, 0) is 24.8 Å². The quantitative estimate of drug-likeness (QED) is 0.874. The van der Waals surface area contributed by atoms with Crippen LogP contribution in [0.4, 0.5) is 0 Å². The third-order valence-corrected chi connectivity index (χ3v) is 4.88. The minimum Gasteiger partial charge on any atom is -0.332 e. The zero-order valence-electron chi connectivity index (χ0n) is 12.5. The Morgan fingerprint density at radius 1 is 1.23 bits per heavy atom. The number of hydrogen-bond donors (Lipinski definition) is 0. The summed E-state index contributed by atoms with van der Waals surface area (Å²) in [5.74, 6) is 0.269. The van der Waals surface area contributed by atoms with E-state index in [-0.39, 0.29) is 11.9 Å². The first-order chi connectivity index (χ1) is 10.8. The number of nitrogens with zero attached hydrogens (tertiary/aromatic N) is 3. The van der Waals surface area contributed by atoms with Gasteiger partial charge in [0.1, 0.15) is 6.33 Å². The second-order valence-corrected chi connectivity index (χ2v) is 6.16. The number of aryl methyl sites for hydroxylation is 1. The van der Waals surface area contributed by atoms with Crippen LogP contribution in [-0.4, -0.2) is 26.8 Å². The van der Waals surface area contributed by atoms with Crippen LogP contribution < -0.4 is 0 Å². The van der Waals surface area contributed by atoms with Crippen molar-refractivity contribution in [3.8, 4) is 0 Å². The average molecular weight is 293 g/mol. The topological polar surface area (TPSA) is 46.1 Å². The van der Waals surface area contributed by atoms with E-state index in [2.05, 4.69) is 27.0 Å². The Bertz CT molecular complexity index is 686. The Labute approximate surface area is 130 Å². The Hall–Kier alpha value is -2.23. The van der Waals surface area contributed by atoms with Crippen molar-refractivity contribution in [3.05, 3.63) is 59.7 Å². The van der Waals surface area contributed by atoms with Crippen LogP contribution in [0, 0.1) is 0 Å². The summed E-state index contributed by atoms with van der Waals surface area (Å²) >= 11 is 0. The molecule has 2 aromatic rings. The molecule has 112 valence electrons. The normalized spacial score (nSPS) is 22.5. The molecule has 0 N–H and O–H groups in total. The highest BCUT2D eigenvalue weighted by atomic mass is 16.2. The summed E-state index contributed by atoms with van der Waals surface area (Å²) in [6, 6.07) is 10.7. The van der Waals surface area contributed by atoms with E-state index in [0.29, 0.717) is 12.5 Å². The first-order valence-corrected chi connectivity index (χ1v) is 7.97. The first kappa shape index (κ1) is 13.4. The highest BCUT2D eigenvalue weighted by Crippen LogP contribution is 2.42. The van der Waals surface area contributed by atoms with E-state index in [4.69, 9.17) is 0 Å². The molecule has 22 heavy (non-hydrogen) atoms. The van der Waals surface area contributed by atoms with Gasteiger partial charge in [0.05, 0.1) is 11.7 Å². The monoisotopic (exact) mass is 293 g/mol. The predicted molar refractivity (Wildman–Crippen MR) is 83.1 cm³/mol. The minimum atomic E-state index is 0.193. The molecule has 0 radical (unpaired) electrons. The zero-order chi connectivity index (χ0) is 14.9. The van der Waals surface area contributed by atoms with Crippen molar-refractivity contribution in [2.45, 2.75) is 44.2 Å². The third kappa shape index (κ3) is 2.28. The maximum absolute atomic E-state index is 12.7. The van der Waals surface area contributed by atoms with Gasteiger partial charge in [0.15, 0.2) is 0 Å². The summed E-state index contributed by atoms with van der Waals surface area (Å²) in [5.41, 5.74) is 3.52. The van der Waals surface area contributed by atoms with Crippen LogP contribution in [-0.2, 0) is 17.6 Å². The van der Waals surface area contributed by atoms with Crippen LogP contribution in [0.3, 0.4) is 0 Å². The van der Waals surface area contributed by atoms with E-state index >= 15 is 0 Å². The molecule has 4 rings (SSSR count). The first-order valence-electron chi connectivity index (χ1n) is 7.97. The predicted octanol–water partition coefficient (Wildman–Crippen LogP) is 2.70. The number of fused-ring (bicyclic) bond motifs is 4. The smallest absolute Gasteiger partial charge is 0.223 e. The summed E-state index contributed by atoms with van der Waals surface area (Å²) in [7, 11) is 0. The lowest BCUT2D eigenvalue weighted by Crippen LogP contribution is -2.42. The third-order valence-electron chi connectivity index (χ3n) is 4.88. The molecule has 1 fully saturated rings. The average Bonchev–Trinajstić information content (AvgIpc) is 2.89. The summed E-state index contributed by atoms with van der Waals surface area (Å²) in [5, 5.41) is 0. The molecule has 3 heterocycles. The van der Waals surface area contributed by atoms with Gasteiger partial charge in [0.25, 0.3) is 0 Å². The van der Waals surface area contributed by atoms with Gasteiger partial charge in [-0.3, -0.25) is 4.79 Å². The van der Waals surface area contributed by atoms with Crippen LogP contribution in [0.2, 0.25) is 0 Å². The van der Waals surface area contributed by atoms with E-state index in [1.807, 2.05) is 24.4 Å². The summed E-state index contributed by atoms with van der Waals surface area (Å²) < 4.78 is 0. The molecule has 2 aliphatic heterocycles. The molecule has 4 nitrogen and oxygen atoms in total. The fourth-order valence-corrected chi connectivity index (χ4v) is 3.83. The lowest BCUT2D eigenvalue weighted by molar-refractivity contribution is -0.134. The molecule has 0 saturated carbocycles. The number of rotatable bonds is 3. The van der Waals surface area contributed by atoms with E-state index in [0.717, 1.165) is 36.9 Å². The van der Waals surface area contributed by atoms with Crippen molar-refractivity contribution in [2.24, 2.45) is 0 Å². The molecule has 0 spiro atoms. The lowest BCUT2D eigenvalue weighted by Gasteiger charge is -2.35. The van der Waals surface area contributed by atoms with E-state index < -0.39 is 0 Å². The van der Waals surface area contributed by atoms with Crippen molar-refractivity contribution in [1.29, 1.82) is 0 Å². The maximum Gasteiger partial charge on any atom is 0.223 e. The van der Waals surface area contributed by atoms with Gasteiger partial charge in [-0.15, -0.1) is 0 Å². The second kappa shape index (κ2) is 5.52. The molecule has 2 unspecified atom stereocenters. The van der Waals surface area contributed by atoms with Crippen LogP contribution in [0.15, 0.2) is 42.9 Å². The van der Waals surface area contributed by atoms with Crippen molar-refractivity contribution in [1.82, 2.24) is 14.9 Å². The number of carbonyl (C=O) groups excluding carboxylic acids is 1. The van der Waals surface area contributed by atoms with Gasteiger partial charge in [-0.1, -0.05) is 30.3 Å². The van der Waals surface area contributed by atoms with E-state index in [1.165, 1.54) is 5.56 Å². The van der Waals surface area contributed by atoms with Gasteiger partial charge in [0, 0.05) is 30.6 Å². The molecule has 0 aliphatic carbocycles. The number of hydrogen-bond acceptors (Lipinski definition) is 3. The standard InChI is InChI=1S/C18H19N3O/c22-18(9-6-13-4-2-1-3-5-13)21-14-7-8-17(21)15-11-19-12-20-16(15)10-14/h1-5,11-12,14,17H,6-10H2. The number of carbonyl (C=O) groups is 1. The Morgan fingerprint density at radius 3 is 2.95 bits per heavy atom. The summed E-state index contributed by atoms with van der Waals surface area (Å²) in [6.45, 7) is 0. The Kier molecular flexibility index (Phi) is 3.37. The zero-order valence-corrected chi connectivity index (χ0v) is 12.5. The Balaban J connectivity index is 1.50. The minimum absolute atomic E-state index is 0.193. The molecule has 1 saturated heterocycles. The van der Waals surface area contributed by atoms with Gasteiger partial charge in [0.2, 0.25) is 5.91 Å². The molecular formula is C18H19N3O. The van der Waals surface area contributed by atoms with Crippen LogP contribution in [0.5, 0.6) is 0 Å². The highest BCUT2D eigenvalue weighted by Gasteiger charge is 2.42. The highest BCUT2D eigenvalue weighted by molar-refractivity contribution is 5.78. The van der Waals surface area contributed by atoms with Crippen molar-refractivity contribution in [2.75, 3.05) is 0 Å². The number of benzene rings is 1. The number of amides is 1. The van der Waals surface area contributed by atoms with Gasteiger partial charge in [-0.25, -0.2) is 9.97 Å². The molecular weight excluding hydrogens is 274 g/mol. The summed E-state index contributed by atoms with van der Waals surface area (Å²) in [4.78, 5) is 23.4. The fraction of sp³-hybridized carbons (Fsp3) is 0.389. The molecule has 4 heteroatoms. The molecule has 2 aliphatic rings. The molecule has 2 bridgehead atoms. The lowest BCUT2D eigenvalue weighted by atomic mass is 9.98. The van der Waals surface area contributed by atoms with Crippen molar-refractivity contribution < 1.29 is 4.79 Å². The van der Waals surface area contributed by atoms with Crippen LogP contribution >= 0.6 is 0 Å². The van der Waals surface area contributed by atoms with Crippen LogP contribution in [0.25, 0.3) is 0 Å². The van der Waals surface area contributed by atoms with E-state index in [9.17, 15) is 4.79 Å². The molecule has 1 amide bonds. The Morgan fingerprint density at radius 2 is 2.09 bits per heavy atom. The summed E-state index contributed by atoms with van der Waals surface area (Å²) in [6.07, 6.45) is 7.91. The molecule has 2 atom stereocenters. The van der Waals surface area contributed by atoms with Crippen LogP contribution in [0.1, 0.15) is 42.1 Å². The molecule has 1 aromatic heterocycles.